The Bertz CT molecular complexity index is 1040. The number of hydrogen-bond donors (Lipinski definition) is 0. The fourth-order valence-corrected chi connectivity index (χ4v) is 3.71. The summed E-state index contributed by atoms with van der Waals surface area (Å²) in [5.74, 6) is 2.56. The van der Waals surface area contributed by atoms with E-state index in [0.717, 1.165) is 27.9 Å². The zero-order chi connectivity index (χ0) is 19.3. The highest BCUT2D eigenvalue weighted by molar-refractivity contribution is 7.98. The Morgan fingerprint density at radius 3 is 2.50 bits per heavy atom. The van der Waals surface area contributed by atoms with Gasteiger partial charge >= 0.3 is 0 Å². The summed E-state index contributed by atoms with van der Waals surface area (Å²) in [6, 6.07) is 18.3. The van der Waals surface area contributed by atoms with E-state index in [4.69, 9.17) is 9.15 Å². The van der Waals surface area contributed by atoms with E-state index in [1.807, 2.05) is 55.6 Å². The average molecular weight is 392 g/mol. The van der Waals surface area contributed by atoms with Crippen molar-refractivity contribution in [1.82, 2.24) is 19.7 Å². The predicted octanol–water partition coefficient (Wildman–Crippen LogP) is 4.92. The summed E-state index contributed by atoms with van der Waals surface area (Å²) in [5, 5.41) is 8.82. The third kappa shape index (κ3) is 3.94. The van der Waals surface area contributed by atoms with Crippen LogP contribution in [0, 0.1) is 6.92 Å². The van der Waals surface area contributed by atoms with Gasteiger partial charge in [0.15, 0.2) is 5.16 Å². The van der Waals surface area contributed by atoms with Gasteiger partial charge in [0.2, 0.25) is 11.8 Å². The molecule has 0 aliphatic carbocycles. The minimum Gasteiger partial charge on any atom is -0.494 e. The first-order valence-corrected chi connectivity index (χ1v) is 10.0. The molecule has 0 fully saturated rings. The maximum atomic E-state index is 5.57. The van der Waals surface area contributed by atoms with E-state index in [1.165, 1.54) is 0 Å². The average Bonchev–Trinajstić information content (AvgIpc) is 3.34. The molecule has 0 spiro atoms. The molecule has 0 atom stereocenters. The van der Waals surface area contributed by atoms with Crippen molar-refractivity contribution in [3.05, 3.63) is 72.6 Å². The quantitative estimate of drug-likeness (QED) is 0.416. The zero-order valence-electron chi connectivity index (χ0n) is 15.7. The monoisotopic (exact) mass is 392 g/mol. The van der Waals surface area contributed by atoms with Crippen molar-refractivity contribution in [1.29, 1.82) is 0 Å². The Kier molecular flexibility index (Phi) is 5.43. The van der Waals surface area contributed by atoms with Gasteiger partial charge in [-0.1, -0.05) is 42.1 Å². The Balaban J connectivity index is 1.70. The molecule has 0 bridgehead atoms. The molecular weight excluding hydrogens is 372 g/mol. The van der Waals surface area contributed by atoms with Crippen molar-refractivity contribution < 1.29 is 9.15 Å². The number of ether oxygens (including phenoxy) is 1. The Hall–Kier alpha value is -3.06. The number of hydrogen-bond acceptors (Lipinski definition) is 6. The van der Waals surface area contributed by atoms with E-state index in [0.29, 0.717) is 24.1 Å². The van der Waals surface area contributed by atoms with Crippen molar-refractivity contribution >= 4 is 11.8 Å². The molecule has 0 N–H and O–H groups in total. The van der Waals surface area contributed by atoms with Gasteiger partial charge in [-0.05, 0) is 31.2 Å². The molecule has 4 aromatic rings. The molecule has 0 aliphatic heterocycles. The maximum absolute atomic E-state index is 5.57. The standard InChI is InChI=1S/C21H20N4O2S/c1-3-26-18-11-9-17(10-12-18)25-19(16-7-5-4-6-8-16)13-22-21(25)28-14-20-24-23-15(2)27-20/h4-13H,3,14H2,1-2H3. The number of nitrogens with zero attached hydrogens (tertiary/aromatic N) is 4. The van der Waals surface area contributed by atoms with Crippen LogP contribution in [0.15, 0.2) is 70.4 Å². The molecule has 7 heteroatoms. The van der Waals surface area contributed by atoms with Crippen molar-refractivity contribution in [3.63, 3.8) is 0 Å². The summed E-state index contributed by atoms with van der Waals surface area (Å²) >= 11 is 1.56. The van der Waals surface area contributed by atoms with E-state index in [-0.39, 0.29) is 0 Å². The van der Waals surface area contributed by atoms with Crippen molar-refractivity contribution in [2.45, 2.75) is 24.8 Å². The summed E-state index contributed by atoms with van der Waals surface area (Å²) in [7, 11) is 0. The first-order chi connectivity index (χ1) is 13.7. The van der Waals surface area contributed by atoms with Gasteiger partial charge in [0.25, 0.3) is 0 Å². The van der Waals surface area contributed by atoms with Crippen LogP contribution in [-0.4, -0.2) is 26.4 Å². The van der Waals surface area contributed by atoms with Crippen LogP contribution in [0.25, 0.3) is 16.9 Å². The largest absolute Gasteiger partial charge is 0.494 e. The second-order valence-corrected chi connectivity index (χ2v) is 7.00. The zero-order valence-corrected chi connectivity index (χ0v) is 16.5. The second-order valence-electron chi connectivity index (χ2n) is 6.06. The van der Waals surface area contributed by atoms with Crippen molar-refractivity contribution in [2.75, 3.05) is 6.61 Å². The number of aromatic nitrogens is 4. The Morgan fingerprint density at radius 1 is 1.04 bits per heavy atom. The van der Waals surface area contributed by atoms with Gasteiger partial charge in [-0.3, -0.25) is 4.57 Å². The highest BCUT2D eigenvalue weighted by atomic mass is 32.2. The second kappa shape index (κ2) is 8.31. The van der Waals surface area contributed by atoms with Gasteiger partial charge in [-0.25, -0.2) is 4.98 Å². The van der Waals surface area contributed by atoms with Crippen LogP contribution in [0.1, 0.15) is 18.7 Å². The summed E-state index contributed by atoms with van der Waals surface area (Å²) < 4.78 is 13.2. The van der Waals surface area contributed by atoms with E-state index in [1.54, 1.807) is 18.7 Å². The molecular formula is C21H20N4O2S. The molecule has 2 aromatic carbocycles. The van der Waals surface area contributed by atoms with Crippen LogP contribution < -0.4 is 4.74 Å². The number of aryl methyl sites for hydroxylation is 1. The summed E-state index contributed by atoms with van der Waals surface area (Å²) in [4.78, 5) is 4.65. The van der Waals surface area contributed by atoms with Crippen LogP contribution in [0.5, 0.6) is 5.75 Å². The molecule has 0 unspecified atom stereocenters. The van der Waals surface area contributed by atoms with Gasteiger partial charge in [0, 0.05) is 18.2 Å². The van der Waals surface area contributed by atoms with Gasteiger partial charge in [-0.15, -0.1) is 10.2 Å². The molecule has 0 saturated carbocycles. The van der Waals surface area contributed by atoms with E-state index in [2.05, 4.69) is 31.9 Å². The van der Waals surface area contributed by atoms with E-state index < -0.39 is 0 Å². The summed E-state index contributed by atoms with van der Waals surface area (Å²) in [6.45, 7) is 4.41. The molecule has 28 heavy (non-hydrogen) atoms. The molecule has 0 saturated heterocycles. The fourth-order valence-electron chi connectivity index (χ4n) is 2.88. The lowest BCUT2D eigenvalue weighted by molar-refractivity contribution is 0.340. The molecule has 0 radical (unpaired) electrons. The highest BCUT2D eigenvalue weighted by Gasteiger charge is 2.15. The molecule has 0 amide bonds. The van der Waals surface area contributed by atoms with Crippen molar-refractivity contribution in [2.24, 2.45) is 0 Å². The number of imidazole rings is 1. The molecule has 6 nitrogen and oxygen atoms in total. The topological polar surface area (TPSA) is 66.0 Å². The predicted molar refractivity (Wildman–Crippen MR) is 109 cm³/mol. The number of benzene rings is 2. The van der Waals surface area contributed by atoms with E-state index >= 15 is 0 Å². The minimum atomic E-state index is 0.559. The first kappa shape index (κ1) is 18.3. The van der Waals surface area contributed by atoms with Crippen LogP contribution in [0.4, 0.5) is 0 Å². The molecule has 2 heterocycles. The first-order valence-electron chi connectivity index (χ1n) is 9.03. The third-order valence-corrected chi connectivity index (χ3v) is 5.04. The van der Waals surface area contributed by atoms with Gasteiger partial charge < -0.3 is 9.15 Å². The number of thioether (sulfide) groups is 1. The summed E-state index contributed by atoms with van der Waals surface area (Å²) in [6.07, 6.45) is 1.90. The van der Waals surface area contributed by atoms with Gasteiger partial charge in [0.05, 0.1) is 24.3 Å². The van der Waals surface area contributed by atoms with E-state index in [9.17, 15) is 0 Å². The molecule has 0 aliphatic rings. The normalized spacial score (nSPS) is 10.9. The van der Waals surface area contributed by atoms with Gasteiger partial charge in [0.1, 0.15) is 5.75 Å². The summed E-state index contributed by atoms with van der Waals surface area (Å²) in [5.41, 5.74) is 3.14. The van der Waals surface area contributed by atoms with Crippen LogP contribution in [0.3, 0.4) is 0 Å². The minimum absolute atomic E-state index is 0.559. The molecule has 2 aromatic heterocycles. The lowest BCUT2D eigenvalue weighted by Crippen LogP contribution is -2.00. The SMILES string of the molecule is CCOc1ccc(-n2c(-c3ccccc3)cnc2SCc2nnc(C)o2)cc1. The lowest BCUT2D eigenvalue weighted by atomic mass is 10.1. The van der Waals surface area contributed by atoms with Crippen LogP contribution in [0.2, 0.25) is 0 Å². The van der Waals surface area contributed by atoms with Crippen LogP contribution >= 0.6 is 11.8 Å². The highest BCUT2D eigenvalue weighted by Crippen LogP contribution is 2.31. The Morgan fingerprint density at radius 2 is 1.82 bits per heavy atom. The van der Waals surface area contributed by atoms with Crippen LogP contribution in [-0.2, 0) is 5.75 Å². The third-order valence-electron chi connectivity index (χ3n) is 4.10. The molecule has 142 valence electrons. The Labute approximate surface area is 167 Å². The van der Waals surface area contributed by atoms with Crippen molar-refractivity contribution in [3.8, 4) is 22.7 Å². The number of rotatable bonds is 7. The smallest absolute Gasteiger partial charge is 0.226 e. The maximum Gasteiger partial charge on any atom is 0.226 e. The molecule has 4 rings (SSSR count). The fraction of sp³-hybridized carbons (Fsp3) is 0.190. The van der Waals surface area contributed by atoms with Gasteiger partial charge in [-0.2, -0.15) is 0 Å². The lowest BCUT2D eigenvalue weighted by Gasteiger charge is -2.12.